The van der Waals surface area contributed by atoms with Crippen molar-refractivity contribution in [3.63, 3.8) is 0 Å². The summed E-state index contributed by atoms with van der Waals surface area (Å²) in [6.45, 7) is 8.03. The lowest BCUT2D eigenvalue weighted by Gasteiger charge is -2.20. The van der Waals surface area contributed by atoms with E-state index in [4.69, 9.17) is 4.74 Å². The summed E-state index contributed by atoms with van der Waals surface area (Å²) in [6.07, 6.45) is 5.97. The van der Waals surface area contributed by atoms with Crippen molar-refractivity contribution in [2.45, 2.75) is 52.9 Å². The summed E-state index contributed by atoms with van der Waals surface area (Å²) < 4.78 is 5.67. The predicted octanol–water partition coefficient (Wildman–Crippen LogP) is 4.35. The number of Topliss-reactive ketones (excluding diaryl/α,β-unsaturated/α-hetero) is 2. The highest BCUT2D eigenvalue weighted by Crippen LogP contribution is 2.27. The van der Waals surface area contributed by atoms with Crippen LogP contribution in [0.5, 0.6) is 0 Å². The molecule has 0 heterocycles. The number of ether oxygens (including phenoxy) is 1. The minimum Gasteiger partial charge on any atom is -0.389 e. The average molecular weight is 373 g/mol. The number of hydrogen-bond acceptors (Lipinski definition) is 5. The summed E-state index contributed by atoms with van der Waals surface area (Å²) >= 11 is 0. The standard InChI is InChI=1S/C22H32N2O3/c1-16(19-8-6-9-19)23-12-4-5-14-27-15-13-24-21-11-7-10-20(17(2)25)22(21)18(3)26/h7,10-11,23-24H,4-6,8-9,12-15H2,1-3H3. The Hall–Kier alpha value is -2.14. The number of anilines is 1. The Balaban J connectivity index is 1.62. The Morgan fingerprint density at radius 1 is 1.00 bits per heavy atom. The second-order valence-electron chi connectivity index (χ2n) is 7.10. The molecule has 1 aromatic carbocycles. The van der Waals surface area contributed by atoms with Gasteiger partial charge >= 0.3 is 0 Å². The molecule has 0 bridgehead atoms. The first-order chi connectivity index (χ1) is 13.0. The fourth-order valence-electron chi connectivity index (χ4n) is 3.19. The fraction of sp³-hybridized carbons (Fsp3) is 0.545. The zero-order valence-corrected chi connectivity index (χ0v) is 16.8. The van der Waals surface area contributed by atoms with Gasteiger partial charge in [0.2, 0.25) is 0 Å². The summed E-state index contributed by atoms with van der Waals surface area (Å²) in [6, 6.07) is 5.31. The van der Waals surface area contributed by atoms with Crippen molar-refractivity contribution in [2.75, 3.05) is 31.6 Å². The molecule has 148 valence electrons. The van der Waals surface area contributed by atoms with E-state index >= 15 is 0 Å². The third kappa shape index (κ3) is 6.51. The van der Waals surface area contributed by atoms with Crippen LogP contribution in [0.3, 0.4) is 0 Å². The maximum Gasteiger partial charge on any atom is 0.162 e. The Bertz CT molecular complexity index is 689. The smallest absolute Gasteiger partial charge is 0.162 e. The maximum atomic E-state index is 11.9. The molecule has 0 atom stereocenters. The molecule has 0 aromatic heterocycles. The van der Waals surface area contributed by atoms with Crippen molar-refractivity contribution in [3.8, 4) is 0 Å². The van der Waals surface area contributed by atoms with Crippen molar-refractivity contribution in [2.24, 2.45) is 0 Å². The van der Waals surface area contributed by atoms with E-state index in [2.05, 4.69) is 17.6 Å². The highest BCUT2D eigenvalue weighted by Gasteiger charge is 2.15. The quantitative estimate of drug-likeness (QED) is 0.422. The van der Waals surface area contributed by atoms with Gasteiger partial charge in [-0.25, -0.2) is 0 Å². The largest absolute Gasteiger partial charge is 0.389 e. The SMILES string of the molecule is CC(=O)c1cccc(NCCOCCCCNC(C)=C2CCC2)c1C(C)=O. The monoisotopic (exact) mass is 372 g/mol. The number of unbranched alkanes of at least 4 members (excludes halogenated alkanes) is 1. The Morgan fingerprint density at radius 3 is 2.41 bits per heavy atom. The minimum absolute atomic E-state index is 0.100. The molecule has 0 spiro atoms. The third-order valence-corrected chi connectivity index (χ3v) is 4.95. The van der Waals surface area contributed by atoms with Crippen LogP contribution >= 0.6 is 0 Å². The van der Waals surface area contributed by atoms with Gasteiger partial charge in [-0.15, -0.1) is 0 Å². The molecule has 5 nitrogen and oxygen atoms in total. The van der Waals surface area contributed by atoms with Gasteiger partial charge in [-0.05, 0) is 58.9 Å². The van der Waals surface area contributed by atoms with E-state index in [1.807, 2.05) is 6.07 Å². The number of hydrogen-bond donors (Lipinski definition) is 2. The molecule has 1 fully saturated rings. The molecule has 0 amide bonds. The molecule has 0 saturated heterocycles. The highest BCUT2D eigenvalue weighted by molar-refractivity contribution is 6.10. The number of carbonyl (C=O) groups excluding carboxylic acids is 2. The van der Waals surface area contributed by atoms with Gasteiger partial charge in [0.1, 0.15) is 0 Å². The van der Waals surface area contributed by atoms with E-state index in [1.54, 1.807) is 17.7 Å². The van der Waals surface area contributed by atoms with Crippen LogP contribution in [0.2, 0.25) is 0 Å². The van der Waals surface area contributed by atoms with Crippen LogP contribution < -0.4 is 10.6 Å². The molecule has 27 heavy (non-hydrogen) atoms. The van der Waals surface area contributed by atoms with Crippen LogP contribution in [0, 0.1) is 0 Å². The first-order valence-corrected chi connectivity index (χ1v) is 9.89. The lowest BCUT2D eigenvalue weighted by Crippen LogP contribution is -2.18. The number of carbonyl (C=O) groups is 2. The molecule has 0 unspecified atom stereocenters. The van der Waals surface area contributed by atoms with Crippen molar-refractivity contribution < 1.29 is 14.3 Å². The number of nitrogens with one attached hydrogen (secondary N) is 2. The second-order valence-corrected chi connectivity index (χ2v) is 7.10. The summed E-state index contributed by atoms with van der Waals surface area (Å²) in [5, 5.41) is 6.71. The molecule has 2 N–H and O–H groups in total. The van der Waals surface area contributed by atoms with Crippen molar-refractivity contribution in [3.05, 3.63) is 40.6 Å². The second kappa shape index (κ2) is 10.9. The van der Waals surface area contributed by atoms with Gasteiger partial charge in [-0.2, -0.15) is 0 Å². The molecule has 5 heteroatoms. The fourth-order valence-corrected chi connectivity index (χ4v) is 3.19. The Kier molecular flexibility index (Phi) is 8.52. The van der Waals surface area contributed by atoms with E-state index in [1.165, 1.54) is 38.8 Å². The molecule has 1 aromatic rings. The molecule has 1 aliphatic carbocycles. The minimum atomic E-state index is -0.108. The lowest BCUT2D eigenvalue weighted by atomic mass is 9.91. The van der Waals surface area contributed by atoms with E-state index in [0.717, 1.165) is 26.0 Å². The molecular weight excluding hydrogens is 340 g/mol. The van der Waals surface area contributed by atoms with Crippen LogP contribution in [-0.2, 0) is 4.74 Å². The Morgan fingerprint density at radius 2 is 1.78 bits per heavy atom. The van der Waals surface area contributed by atoms with Gasteiger partial charge < -0.3 is 15.4 Å². The van der Waals surface area contributed by atoms with E-state index in [-0.39, 0.29) is 11.6 Å². The van der Waals surface area contributed by atoms with E-state index in [9.17, 15) is 9.59 Å². The van der Waals surface area contributed by atoms with Gasteiger partial charge in [-0.1, -0.05) is 17.7 Å². The zero-order chi connectivity index (χ0) is 19.6. The molecule has 0 aliphatic heterocycles. The zero-order valence-electron chi connectivity index (χ0n) is 16.8. The van der Waals surface area contributed by atoms with Crippen LogP contribution in [-0.4, -0.2) is 37.9 Å². The third-order valence-electron chi connectivity index (χ3n) is 4.95. The van der Waals surface area contributed by atoms with Gasteiger partial charge in [-0.3, -0.25) is 9.59 Å². The van der Waals surface area contributed by atoms with E-state index in [0.29, 0.717) is 30.0 Å². The summed E-state index contributed by atoms with van der Waals surface area (Å²) in [5.41, 5.74) is 4.57. The van der Waals surface area contributed by atoms with Crippen molar-refractivity contribution in [1.29, 1.82) is 0 Å². The normalized spacial score (nSPS) is 13.1. The number of rotatable bonds is 12. The van der Waals surface area contributed by atoms with Crippen LogP contribution in [0.4, 0.5) is 5.69 Å². The topological polar surface area (TPSA) is 67.4 Å². The first kappa shape index (κ1) is 21.2. The number of benzene rings is 1. The average Bonchev–Trinajstić information content (AvgIpc) is 2.58. The number of ketones is 2. The van der Waals surface area contributed by atoms with Gasteiger partial charge in [0.15, 0.2) is 11.6 Å². The maximum absolute atomic E-state index is 11.9. The molecular formula is C22H32N2O3. The Labute approximate surface area is 162 Å². The highest BCUT2D eigenvalue weighted by atomic mass is 16.5. The van der Waals surface area contributed by atoms with Crippen LogP contribution in [0.25, 0.3) is 0 Å². The lowest BCUT2D eigenvalue weighted by molar-refractivity contribution is 0.0981. The van der Waals surface area contributed by atoms with Gasteiger partial charge in [0.25, 0.3) is 0 Å². The van der Waals surface area contributed by atoms with Gasteiger partial charge in [0, 0.05) is 36.6 Å². The molecule has 1 saturated carbocycles. The van der Waals surface area contributed by atoms with Crippen molar-refractivity contribution in [1.82, 2.24) is 5.32 Å². The first-order valence-electron chi connectivity index (χ1n) is 9.89. The molecule has 0 radical (unpaired) electrons. The summed E-state index contributed by atoms with van der Waals surface area (Å²) in [4.78, 5) is 23.6. The van der Waals surface area contributed by atoms with Gasteiger partial charge in [0.05, 0.1) is 12.2 Å². The predicted molar refractivity (Wildman–Crippen MR) is 110 cm³/mol. The van der Waals surface area contributed by atoms with Crippen LogP contribution in [0.1, 0.15) is 73.6 Å². The summed E-state index contributed by atoms with van der Waals surface area (Å²) in [7, 11) is 0. The van der Waals surface area contributed by atoms with Crippen LogP contribution in [0.15, 0.2) is 29.5 Å². The number of allylic oxidation sites excluding steroid dienone is 2. The molecule has 1 aliphatic rings. The van der Waals surface area contributed by atoms with E-state index < -0.39 is 0 Å². The van der Waals surface area contributed by atoms with Crippen molar-refractivity contribution >= 4 is 17.3 Å². The molecule has 2 rings (SSSR count). The summed E-state index contributed by atoms with van der Waals surface area (Å²) in [5.74, 6) is -0.208.